The lowest BCUT2D eigenvalue weighted by atomic mass is 10.0. The van der Waals surface area contributed by atoms with Crippen LogP contribution in [0.2, 0.25) is 0 Å². The van der Waals surface area contributed by atoms with E-state index < -0.39 is 31.8 Å². The average molecular weight is 437 g/mol. The van der Waals surface area contributed by atoms with Gasteiger partial charge in [0.2, 0.25) is 15.9 Å². The molecule has 1 saturated heterocycles. The molecule has 7 nitrogen and oxygen atoms in total. The van der Waals surface area contributed by atoms with Gasteiger partial charge in [0.1, 0.15) is 6.04 Å². The monoisotopic (exact) mass is 436 g/mol. The molecule has 156 valence electrons. The zero-order chi connectivity index (χ0) is 20.9. The number of benzene rings is 2. The maximum atomic E-state index is 13.0. The maximum absolute atomic E-state index is 13.0. The quantitative estimate of drug-likeness (QED) is 0.714. The van der Waals surface area contributed by atoms with Crippen LogP contribution in [0.25, 0.3) is 0 Å². The molecule has 0 aromatic heterocycles. The summed E-state index contributed by atoms with van der Waals surface area (Å²) in [6.07, 6.45) is 1.82. The van der Waals surface area contributed by atoms with Gasteiger partial charge < -0.3 is 5.32 Å². The number of hydrogen-bond donors (Lipinski definition) is 1. The number of piperidine rings is 1. The molecule has 0 bridgehead atoms. The van der Waals surface area contributed by atoms with E-state index in [1.807, 2.05) is 0 Å². The van der Waals surface area contributed by atoms with Crippen molar-refractivity contribution in [2.24, 2.45) is 0 Å². The van der Waals surface area contributed by atoms with Crippen molar-refractivity contribution in [3.63, 3.8) is 0 Å². The molecule has 1 aliphatic rings. The summed E-state index contributed by atoms with van der Waals surface area (Å²) < 4.78 is 51.9. The highest BCUT2D eigenvalue weighted by molar-refractivity contribution is 7.91. The summed E-state index contributed by atoms with van der Waals surface area (Å²) in [5.74, 6) is -0.714. The number of nitrogens with one attached hydrogen (secondary N) is 1. The largest absolute Gasteiger partial charge is 0.354 e. The molecule has 1 atom stereocenters. The molecule has 1 amide bonds. The molecule has 0 saturated carbocycles. The van der Waals surface area contributed by atoms with Crippen molar-refractivity contribution in [3.8, 4) is 0 Å². The lowest BCUT2D eigenvalue weighted by molar-refractivity contribution is -0.125. The van der Waals surface area contributed by atoms with Crippen LogP contribution in [0.4, 0.5) is 0 Å². The van der Waals surface area contributed by atoms with Gasteiger partial charge in [-0.3, -0.25) is 4.79 Å². The Labute approximate surface area is 171 Å². The summed E-state index contributed by atoms with van der Waals surface area (Å²) in [4.78, 5) is 13.0. The number of nitrogens with zero attached hydrogens (tertiary/aromatic N) is 1. The summed E-state index contributed by atoms with van der Waals surface area (Å²) >= 11 is 0. The average Bonchev–Trinajstić information content (AvgIpc) is 2.75. The third-order valence-electron chi connectivity index (χ3n) is 4.88. The van der Waals surface area contributed by atoms with Gasteiger partial charge in [-0.1, -0.05) is 42.8 Å². The van der Waals surface area contributed by atoms with Crippen molar-refractivity contribution < 1.29 is 21.6 Å². The van der Waals surface area contributed by atoms with E-state index in [0.717, 1.165) is 6.42 Å². The Morgan fingerprint density at radius 1 is 0.897 bits per heavy atom. The van der Waals surface area contributed by atoms with Crippen LogP contribution in [-0.2, 0) is 24.7 Å². The van der Waals surface area contributed by atoms with E-state index in [2.05, 4.69) is 5.32 Å². The summed E-state index contributed by atoms with van der Waals surface area (Å²) in [6.45, 7) is 0.184. The molecular weight excluding hydrogens is 412 g/mol. The fourth-order valence-electron chi connectivity index (χ4n) is 3.35. The van der Waals surface area contributed by atoms with E-state index in [1.165, 1.54) is 28.6 Å². The lowest BCUT2D eigenvalue weighted by Gasteiger charge is -2.33. The Morgan fingerprint density at radius 3 is 2.10 bits per heavy atom. The molecule has 1 unspecified atom stereocenters. The molecule has 1 aliphatic heterocycles. The van der Waals surface area contributed by atoms with Crippen molar-refractivity contribution in [1.29, 1.82) is 0 Å². The summed E-state index contributed by atoms with van der Waals surface area (Å²) in [7, 11) is -7.32. The van der Waals surface area contributed by atoms with E-state index in [0.29, 0.717) is 12.8 Å². The van der Waals surface area contributed by atoms with Crippen LogP contribution < -0.4 is 5.32 Å². The molecule has 2 aromatic rings. The first-order valence-corrected chi connectivity index (χ1v) is 12.5. The van der Waals surface area contributed by atoms with Gasteiger partial charge >= 0.3 is 0 Å². The van der Waals surface area contributed by atoms with E-state index >= 15 is 0 Å². The van der Waals surface area contributed by atoms with E-state index in [-0.39, 0.29) is 28.6 Å². The lowest BCUT2D eigenvalue weighted by Crippen LogP contribution is -2.52. The smallest absolute Gasteiger partial charge is 0.243 e. The van der Waals surface area contributed by atoms with Crippen LogP contribution in [0.15, 0.2) is 70.5 Å². The maximum Gasteiger partial charge on any atom is 0.243 e. The van der Waals surface area contributed by atoms with Gasteiger partial charge in [0.05, 0.1) is 15.5 Å². The van der Waals surface area contributed by atoms with Gasteiger partial charge in [-0.05, 0) is 37.1 Å². The highest BCUT2D eigenvalue weighted by Crippen LogP contribution is 2.25. The highest BCUT2D eigenvalue weighted by atomic mass is 32.2. The Kier molecular flexibility index (Phi) is 6.71. The normalized spacial score (nSPS) is 18.3. The molecule has 0 aliphatic carbocycles. The first kappa shape index (κ1) is 21.5. The van der Waals surface area contributed by atoms with Crippen LogP contribution >= 0.6 is 0 Å². The number of sulfonamides is 1. The first-order valence-electron chi connectivity index (χ1n) is 9.45. The molecule has 1 fully saturated rings. The Bertz CT molecular complexity index is 1040. The zero-order valence-corrected chi connectivity index (χ0v) is 17.5. The van der Waals surface area contributed by atoms with Crippen molar-refractivity contribution in [1.82, 2.24) is 9.62 Å². The van der Waals surface area contributed by atoms with Crippen LogP contribution in [0.3, 0.4) is 0 Å². The molecular formula is C20H24N2O5S2. The second-order valence-corrected chi connectivity index (χ2v) is 10.9. The minimum absolute atomic E-state index is 0.0776. The number of rotatable bonds is 7. The SMILES string of the molecule is O=C(NCCS(=O)(=O)c1ccccc1)C1CCCCN1S(=O)(=O)c1ccccc1. The Morgan fingerprint density at radius 2 is 1.48 bits per heavy atom. The minimum Gasteiger partial charge on any atom is -0.354 e. The van der Waals surface area contributed by atoms with Crippen molar-refractivity contribution in [3.05, 3.63) is 60.7 Å². The molecule has 3 rings (SSSR count). The van der Waals surface area contributed by atoms with Crippen LogP contribution in [-0.4, -0.2) is 51.9 Å². The fraction of sp³-hybridized carbons (Fsp3) is 0.350. The van der Waals surface area contributed by atoms with Crippen LogP contribution in [0.1, 0.15) is 19.3 Å². The number of hydrogen-bond acceptors (Lipinski definition) is 5. The molecule has 2 aromatic carbocycles. The molecule has 0 radical (unpaired) electrons. The van der Waals surface area contributed by atoms with Crippen molar-refractivity contribution in [2.75, 3.05) is 18.8 Å². The van der Waals surface area contributed by atoms with Crippen molar-refractivity contribution >= 4 is 25.8 Å². The topological polar surface area (TPSA) is 101 Å². The number of carbonyl (C=O) groups excluding carboxylic acids is 1. The minimum atomic E-state index is -3.80. The summed E-state index contributed by atoms with van der Waals surface area (Å²) in [5.41, 5.74) is 0. The van der Waals surface area contributed by atoms with Gasteiger partial charge in [-0.2, -0.15) is 4.31 Å². The Hall–Kier alpha value is -2.23. The molecule has 9 heteroatoms. The van der Waals surface area contributed by atoms with E-state index in [9.17, 15) is 21.6 Å². The van der Waals surface area contributed by atoms with Gasteiger partial charge in [0, 0.05) is 13.1 Å². The number of carbonyl (C=O) groups is 1. The fourth-order valence-corrected chi connectivity index (χ4v) is 6.21. The predicted molar refractivity (Wildman–Crippen MR) is 109 cm³/mol. The number of sulfone groups is 1. The van der Waals surface area contributed by atoms with E-state index in [4.69, 9.17) is 0 Å². The molecule has 1 heterocycles. The van der Waals surface area contributed by atoms with Gasteiger partial charge in [0.15, 0.2) is 9.84 Å². The first-order chi connectivity index (χ1) is 13.8. The molecule has 29 heavy (non-hydrogen) atoms. The van der Waals surface area contributed by atoms with Crippen LogP contribution in [0, 0.1) is 0 Å². The van der Waals surface area contributed by atoms with Crippen LogP contribution in [0.5, 0.6) is 0 Å². The predicted octanol–water partition coefficient (Wildman–Crippen LogP) is 1.82. The van der Waals surface area contributed by atoms with Crippen molar-refractivity contribution in [2.45, 2.75) is 35.1 Å². The Balaban J connectivity index is 1.67. The zero-order valence-electron chi connectivity index (χ0n) is 15.9. The third kappa shape index (κ3) is 5.04. The summed E-state index contributed by atoms with van der Waals surface area (Å²) in [6, 6.07) is 15.2. The molecule has 1 N–H and O–H groups in total. The second-order valence-electron chi connectivity index (χ2n) is 6.86. The second kappa shape index (κ2) is 9.06. The highest BCUT2D eigenvalue weighted by Gasteiger charge is 2.37. The van der Waals surface area contributed by atoms with E-state index in [1.54, 1.807) is 36.4 Å². The summed E-state index contributed by atoms with van der Waals surface area (Å²) in [5, 5.41) is 2.61. The number of amides is 1. The molecule has 0 spiro atoms. The standard InChI is InChI=1S/C20H24N2O5S2/c23-20(21-14-16-28(24,25)17-9-3-1-4-10-17)19-13-7-8-15-22(19)29(26,27)18-11-5-2-6-12-18/h1-6,9-12,19H,7-8,13-16H2,(H,21,23). The van der Waals surface area contributed by atoms with Gasteiger partial charge in [-0.25, -0.2) is 16.8 Å². The van der Waals surface area contributed by atoms with Gasteiger partial charge in [-0.15, -0.1) is 0 Å². The third-order valence-corrected chi connectivity index (χ3v) is 8.53. The van der Waals surface area contributed by atoms with Gasteiger partial charge in [0.25, 0.3) is 0 Å².